The third kappa shape index (κ3) is 2.71. The minimum Gasteiger partial charge on any atom is -0.345 e. The van der Waals surface area contributed by atoms with E-state index in [0.717, 1.165) is 12.8 Å². The van der Waals surface area contributed by atoms with Crippen molar-refractivity contribution < 1.29 is 0 Å². The second-order valence-electron chi connectivity index (χ2n) is 2.71. The Morgan fingerprint density at radius 1 is 0.923 bits per heavy atom. The first-order chi connectivity index (χ1) is 6.45. The summed E-state index contributed by atoms with van der Waals surface area (Å²) in [5.41, 5.74) is 0. The molecule has 0 spiro atoms. The molecule has 2 heterocycles. The van der Waals surface area contributed by atoms with Crippen molar-refractivity contribution in [2.75, 3.05) is 0 Å². The molecule has 2 aliphatic rings. The van der Waals surface area contributed by atoms with Gasteiger partial charge in [0, 0.05) is 0 Å². The van der Waals surface area contributed by atoms with E-state index in [1.54, 1.807) is 23.5 Å². The van der Waals surface area contributed by atoms with E-state index in [2.05, 4.69) is 40.4 Å². The highest BCUT2D eigenvalue weighted by atomic mass is 32.2. The van der Waals surface area contributed by atoms with Gasteiger partial charge in [-0.2, -0.15) is 0 Å². The minimum absolute atomic E-state index is 1.04. The molecule has 13 heavy (non-hydrogen) atoms. The van der Waals surface area contributed by atoms with Crippen LogP contribution >= 0.6 is 23.5 Å². The molecule has 0 atom stereocenters. The summed E-state index contributed by atoms with van der Waals surface area (Å²) in [6.07, 6.45) is 10.8. The topological polar surface area (TPSA) is 12.0 Å². The maximum absolute atomic E-state index is 3.40. The average molecular weight is 209 g/mol. The van der Waals surface area contributed by atoms with E-state index in [1.165, 1.54) is 10.1 Å². The van der Waals surface area contributed by atoms with Crippen LogP contribution in [0.15, 0.2) is 45.2 Å². The van der Waals surface area contributed by atoms with Gasteiger partial charge in [-0.25, -0.2) is 0 Å². The summed E-state index contributed by atoms with van der Waals surface area (Å²) in [7, 11) is 0. The number of allylic oxidation sites excluding steroid dienone is 4. The predicted octanol–water partition coefficient (Wildman–Crippen LogP) is 3.56. The smallest absolute Gasteiger partial charge is 0.0734 e. The second kappa shape index (κ2) is 4.63. The zero-order chi connectivity index (χ0) is 8.93. The Hall–Kier alpha value is -0.540. The van der Waals surface area contributed by atoms with Crippen molar-refractivity contribution in [1.82, 2.24) is 5.32 Å². The van der Waals surface area contributed by atoms with Crippen molar-refractivity contribution in [1.29, 1.82) is 0 Å². The lowest BCUT2D eigenvalue weighted by Gasteiger charge is -2.14. The summed E-state index contributed by atoms with van der Waals surface area (Å²) in [4.78, 5) is 0. The number of hydrogen-bond acceptors (Lipinski definition) is 3. The monoisotopic (exact) mass is 209 g/mol. The summed E-state index contributed by atoms with van der Waals surface area (Å²) in [6.45, 7) is 0. The van der Waals surface area contributed by atoms with Gasteiger partial charge < -0.3 is 5.32 Å². The second-order valence-corrected chi connectivity index (χ2v) is 4.61. The molecule has 3 heteroatoms. The van der Waals surface area contributed by atoms with Crippen molar-refractivity contribution >= 4 is 23.5 Å². The van der Waals surface area contributed by atoms with Crippen LogP contribution < -0.4 is 5.32 Å². The molecule has 0 fully saturated rings. The van der Waals surface area contributed by atoms with Gasteiger partial charge in [-0.1, -0.05) is 47.8 Å². The van der Waals surface area contributed by atoms with Gasteiger partial charge in [-0.3, -0.25) is 0 Å². The molecular weight excluding hydrogens is 198 g/mol. The van der Waals surface area contributed by atoms with Gasteiger partial charge in [-0.05, 0) is 23.7 Å². The van der Waals surface area contributed by atoms with E-state index in [4.69, 9.17) is 0 Å². The number of rotatable bonds is 2. The Bertz CT molecular complexity index is 270. The fraction of sp³-hybridized carbons (Fsp3) is 0.200. The van der Waals surface area contributed by atoms with Crippen LogP contribution in [-0.2, 0) is 0 Å². The molecule has 0 unspecified atom stereocenters. The van der Waals surface area contributed by atoms with E-state index in [1.807, 2.05) is 0 Å². The third-order valence-electron chi connectivity index (χ3n) is 1.71. The molecule has 0 saturated carbocycles. The Morgan fingerprint density at radius 2 is 1.46 bits per heavy atom. The summed E-state index contributed by atoms with van der Waals surface area (Å²) in [5, 5.41) is 10.2. The summed E-state index contributed by atoms with van der Waals surface area (Å²) < 4.78 is 0. The first-order valence-corrected chi connectivity index (χ1v) is 6.02. The molecule has 2 rings (SSSR count). The largest absolute Gasteiger partial charge is 0.345 e. The Balaban J connectivity index is 1.90. The van der Waals surface area contributed by atoms with Crippen molar-refractivity contribution in [3.63, 3.8) is 0 Å². The van der Waals surface area contributed by atoms with Crippen LogP contribution in [0.3, 0.4) is 0 Å². The zero-order valence-electron chi connectivity index (χ0n) is 7.19. The van der Waals surface area contributed by atoms with Crippen molar-refractivity contribution in [3.05, 3.63) is 45.2 Å². The van der Waals surface area contributed by atoms with Crippen LogP contribution in [0.2, 0.25) is 0 Å². The SMILES string of the molecule is C1=CSC(NC2=CCC=CS2)=CC1. The fourth-order valence-electron chi connectivity index (χ4n) is 1.08. The van der Waals surface area contributed by atoms with Crippen molar-refractivity contribution in [2.45, 2.75) is 12.8 Å². The molecule has 0 aromatic rings. The molecule has 0 saturated heterocycles. The lowest BCUT2D eigenvalue weighted by atomic mass is 10.4. The molecule has 2 aliphatic heterocycles. The summed E-state index contributed by atoms with van der Waals surface area (Å²) in [6, 6.07) is 0. The molecule has 0 aromatic carbocycles. The first kappa shape index (κ1) is 9.03. The highest BCUT2D eigenvalue weighted by Gasteiger charge is 2.03. The standard InChI is InChI=1S/C10H11NS2/c1-3-7-12-9(5-1)11-10-6-2-4-8-13-10/h3-8,11H,1-2H2. The van der Waals surface area contributed by atoms with Crippen molar-refractivity contribution in [2.24, 2.45) is 0 Å². The normalized spacial score (nSPS) is 20.9. The van der Waals surface area contributed by atoms with Gasteiger partial charge in [0.25, 0.3) is 0 Å². The zero-order valence-corrected chi connectivity index (χ0v) is 8.83. The number of nitrogens with one attached hydrogen (secondary N) is 1. The van der Waals surface area contributed by atoms with Gasteiger partial charge >= 0.3 is 0 Å². The predicted molar refractivity (Wildman–Crippen MR) is 62.0 cm³/mol. The molecular formula is C10H11NS2. The lowest BCUT2D eigenvalue weighted by Crippen LogP contribution is -2.08. The highest BCUT2D eigenvalue weighted by molar-refractivity contribution is 8.06. The third-order valence-corrected chi connectivity index (χ3v) is 3.41. The molecule has 1 N–H and O–H groups in total. The van der Waals surface area contributed by atoms with Crippen LogP contribution in [0, 0.1) is 0 Å². The summed E-state index contributed by atoms with van der Waals surface area (Å²) in [5.74, 6) is 0. The van der Waals surface area contributed by atoms with E-state index in [9.17, 15) is 0 Å². The Morgan fingerprint density at radius 3 is 1.85 bits per heavy atom. The van der Waals surface area contributed by atoms with E-state index in [-0.39, 0.29) is 0 Å². The Kier molecular flexibility index (Phi) is 3.22. The van der Waals surface area contributed by atoms with Gasteiger partial charge in [-0.15, -0.1) is 0 Å². The minimum atomic E-state index is 1.04. The van der Waals surface area contributed by atoms with Gasteiger partial charge in [0.15, 0.2) is 0 Å². The van der Waals surface area contributed by atoms with E-state index >= 15 is 0 Å². The highest BCUT2D eigenvalue weighted by Crippen LogP contribution is 2.26. The average Bonchev–Trinajstić information content (AvgIpc) is 2.21. The Labute approximate surface area is 87.0 Å². The van der Waals surface area contributed by atoms with Crippen LogP contribution in [-0.4, -0.2) is 0 Å². The summed E-state index contributed by atoms with van der Waals surface area (Å²) >= 11 is 3.50. The van der Waals surface area contributed by atoms with Crippen LogP contribution in [0.4, 0.5) is 0 Å². The van der Waals surface area contributed by atoms with E-state index in [0.29, 0.717) is 0 Å². The molecule has 68 valence electrons. The molecule has 0 aliphatic carbocycles. The number of hydrogen-bond donors (Lipinski definition) is 1. The van der Waals surface area contributed by atoms with Crippen LogP contribution in [0.25, 0.3) is 0 Å². The van der Waals surface area contributed by atoms with Crippen LogP contribution in [0.5, 0.6) is 0 Å². The maximum atomic E-state index is 3.40. The molecule has 0 amide bonds. The maximum Gasteiger partial charge on any atom is 0.0734 e. The first-order valence-electron chi connectivity index (χ1n) is 4.26. The fourth-order valence-corrected chi connectivity index (χ4v) is 2.58. The van der Waals surface area contributed by atoms with Crippen molar-refractivity contribution in [3.8, 4) is 0 Å². The quantitative estimate of drug-likeness (QED) is 0.747. The van der Waals surface area contributed by atoms with Gasteiger partial charge in [0.05, 0.1) is 10.1 Å². The molecule has 0 radical (unpaired) electrons. The lowest BCUT2D eigenvalue weighted by molar-refractivity contribution is 1.10. The molecule has 0 bridgehead atoms. The van der Waals surface area contributed by atoms with Crippen LogP contribution in [0.1, 0.15) is 12.8 Å². The van der Waals surface area contributed by atoms with Gasteiger partial charge in [0.1, 0.15) is 0 Å². The number of thioether (sulfide) groups is 2. The molecule has 1 nitrogen and oxygen atoms in total. The van der Waals surface area contributed by atoms with Gasteiger partial charge in [0.2, 0.25) is 0 Å². The molecule has 0 aromatic heterocycles. The van der Waals surface area contributed by atoms with E-state index < -0.39 is 0 Å².